The molecule has 5 heteroatoms. The highest BCUT2D eigenvalue weighted by Gasteiger charge is 2.04. The lowest BCUT2D eigenvalue weighted by Gasteiger charge is -2.07. The van der Waals surface area contributed by atoms with Gasteiger partial charge in [-0.05, 0) is 42.5 Å². The van der Waals surface area contributed by atoms with Crippen LogP contribution in [-0.4, -0.2) is 17.6 Å². The lowest BCUT2D eigenvalue weighted by molar-refractivity contribution is -0.118. The Kier molecular flexibility index (Phi) is 4.26. The molecule has 0 saturated carbocycles. The summed E-state index contributed by atoms with van der Waals surface area (Å²) < 4.78 is 5.30. The number of phenols is 1. The molecule has 0 aliphatic carbocycles. The van der Waals surface area contributed by atoms with Crippen molar-refractivity contribution in [1.29, 1.82) is 0 Å². The number of anilines is 1. The standard InChI is InChI=1S/C14H12ClNO3/c15-10-2-1-3-13(8-10)19-9-14(18)16-11-4-6-12(17)7-5-11/h1-8,17H,9H2,(H,16,18). The Morgan fingerprint density at radius 2 is 1.95 bits per heavy atom. The molecular formula is C14H12ClNO3. The van der Waals surface area contributed by atoms with E-state index in [0.717, 1.165) is 0 Å². The Bertz CT molecular complexity index is 569. The maximum absolute atomic E-state index is 11.6. The lowest BCUT2D eigenvalue weighted by Crippen LogP contribution is -2.20. The maximum Gasteiger partial charge on any atom is 0.262 e. The third-order valence-electron chi connectivity index (χ3n) is 2.32. The van der Waals surface area contributed by atoms with Crippen molar-refractivity contribution in [3.05, 3.63) is 53.6 Å². The predicted octanol–water partition coefficient (Wildman–Crippen LogP) is 3.06. The molecule has 0 aliphatic heterocycles. The maximum atomic E-state index is 11.6. The number of carbonyl (C=O) groups is 1. The second-order valence-electron chi connectivity index (χ2n) is 3.84. The van der Waals surface area contributed by atoms with Crippen LogP contribution in [0.25, 0.3) is 0 Å². The summed E-state index contributed by atoms with van der Waals surface area (Å²) in [6.45, 7) is -0.110. The molecule has 0 atom stereocenters. The van der Waals surface area contributed by atoms with E-state index in [1.807, 2.05) is 0 Å². The minimum atomic E-state index is -0.286. The number of hydrogen-bond acceptors (Lipinski definition) is 3. The monoisotopic (exact) mass is 277 g/mol. The zero-order valence-corrected chi connectivity index (χ0v) is 10.7. The number of nitrogens with one attached hydrogen (secondary N) is 1. The molecule has 0 fully saturated rings. The van der Waals surface area contributed by atoms with Gasteiger partial charge < -0.3 is 15.2 Å². The van der Waals surface area contributed by atoms with E-state index >= 15 is 0 Å². The Hall–Kier alpha value is -2.20. The number of ether oxygens (including phenoxy) is 1. The van der Waals surface area contributed by atoms with E-state index < -0.39 is 0 Å². The van der Waals surface area contributed by atoms with E-state index in [-0.39, 0.29) is 18.3 Å². The van der Waals surface area contributed by atoms with Crippen LogP contribution in [-0.2, 0) is 4.79 Å². The smallest absolute Gasteiger partial charge is 0.262 e. The van der Waals surface area contributed by atoms with Gasteiger partial charge in [-0.3, -0.25) is 4.79 Å². The highest BCUT2D eigenvalue weighted by molar-refractivity contribution is 6.30. The summed E-state index contributed by atoms with van der Waals surface area (Å²) in [4.78, 5) is 11.6. The van der Waals surface area contributed by atoms with Crippen LogP contribution in [0.15, 0.2) is 48.5 Å². The first-order chi connectivity index (χ1) is 9.13. The highest BCUT2D eigenvalue weighted by atomic mass is 35.5. The van der Waals surface area contributed by atoms with Crippen LogP contribution in [0, 0.1) is 0 Å². The Morgan fingerprint density at radius 3 is 2.63 bits per heavy atom. The van der Waals surface area contributed by atoms with E-state index in [9.17, 15) is 4.79 Å². The Morgan fingerprint density at radius 1 is 1.21 bits per heavy atom. The summed E-state index contributed by atoms with van der Waals surface area (Å²) in [6, 6.07) is 13.0. The van der Waals surface area contributed by atoms with Crippen LogP contribution in [0.3, 0.4) is 0 Å². The molecule has 0 radical (unpaired) electrons. The van der Waals surface area contributed by atoms with Crippen molar-refractivity contribution in [2.24, 2.45) is 0 Å². The summed E-state index contributed by atoms with van der Waals surface area (Å²) in [7, 11) is 0. The van der Waals surface area contributed by atoms with E-state index in [1.165, 1.54) is 12.1 Å². The number of amides is 1. The first kappa shape index (κ1) is 13.2. The molecule has 2 N–H and O–H groups in total. The van der Waals surface area contributed by atoms with Gasteiger partial charge in [-0.15, -0.1) is 0 Å². The number of phenolic OH excluding ortho intramolecular Hbond substituents is 1. The molecule has 0 aromatic heterocycles. The fourth-order valence-corrected chi connectivity index (χ4v) is 1.63. The van der Waals surface area contributed by atoms with Gasteiger partial charge in [0, 0.05) is 10.7 Å². The van der Waals surface area contributed by atoms with Crippen LogP contribution < -0.4 is 10.1 Å². The number of rotatable bonds is 4. The van der Waals surface area contributed by atoms with Gasteiger partial charge in [0.15, 0.2) is 6.61 Å². The van der Waals surface area contributed by atoms with E-state index in [2.05, 4.69) is 5.32 Å². The molecule has 4 nitrogen and oxygen atoms in total. The topological polar surface area (TPSA) is 58.6 Å². The second kappa shape index (κ2) is 6.11. The van der Waals surface area contributed by atoms with Gasteiger partial charge in [0.05, 0.1) is 0 Å². The molecule has 0 unspecified atom stereocenters. The fraction of sp³-hybridized carbons (Fsp3) is 0.0714. The van der Waals surface area contributed by atoms with Crippen molar-refractivity contribution < 1.29 is 14.6 Å². The molecule has 98 valence electrons. The molecule has 19 heavy (non-hydrogen) atoms. The van der Waals surface area contributed by atoms with E-state index in [0.29, 0.717) is 16.5 Å². The largest absolute Gasteiger partial charge is 0.508 e. The lowest BCUT2D eigenvalue weighted by atomic mass is 10.3. The normalized spacial score (nSPS) is 9.95. The number of carbonyl (C=O) groups excluding carboxylic acids is 1. The average molecular weight is 278 g/mol. The van der Waals surface area contributed by atoms with Crippen LogP contribution in [0.4, 0.5) is 5.69 Å². The van der Waals surface area contributed by atoms with Crippen molar-refractivity contribution in [2.45, 2.75) is 0 Å². The van der Waals surface area contributed by atoms with Gasteiger partial charge in [0.2, 0.25) is 0 Å². The minimum Gasteiger partial charge on any atom is -0.508 e. The molecule has 2 aromatic carbocycles. The van der Waals surface area contributed by atoms with Gasteiger partial charge in [-0.25, -0.2) is 0 Å². The van der Waals surface area contributed by atoms with Crippen molar-refractivity contribution in [1.82, 2.24) is 0 Å². The molecule has 1 amide bonds. The van der Waals surface area contributed by atoms with E-state index in [4.69, 9.17) is 21.4 Å². The van der Waals surface area contributed by atoms with E-state index in [1.54, 1.807) is 36.4 Å². The summed E-state index contributed by atoms with van der Waals surface area (Å²) in [5.41, 5.74) is 0.595. The molecular weight excluding hydrogens is 266 g/mol. The van der Waals surface area contributed by atoms with Gasteiger partial charge in [0.25, 0.3) is 5.91 Å². The number of hydrogen-bond donors (Lipinski definition) is 2. The summed E-state index contributed by atoms with van der Waals surface area (Å²) >= 11 is 5.80. The zero-order chi connectivity index (χ0) is 13.7. The van der Waals surface area contributed by atoms with Crippen LogP contribution in [0.2, 0.25) is 5.02 Å². The third kappa shape index (κ3) is 4.19. The van der Waals surface area contributed by atoms with Crippen molar-refractivity contribution >= 4 is 23.2 Å². The number of benzene rings is 2. The summed E-state index contributed by atoms with van der Waals surface area (Å²) in [5, 5.41) is 12.3. The molecule has 0 aliphatic rings. The SMILES string of the molecule is O=C(COc1cccc(Cl)c1)Nc1ccc(O)cc1. The average Bonchev–Trinajstić information content (AvgIpc) is 2.39. The predicted molar refractivity (Wildman–Crippen MR) is 73.7 cm³/mol. The highest BCUT2D eigenvalue weighted by Crippen LogP contribution is 2.17. The summed E-state index contributed by atoms with van der Waals surface area (Å²) in [6.07, 6.45) is 0. The quantitative estimate of drug-likeness (QED) is 0.845. The van der Waals surface area contributed by atoms with Crippen molar-refractivity contribution in [3.8, 4) is 11.5 Å². The van der Waals surface area contributed by atoms with Gasteiger partial charge >= 0.3 is 0 Å². The number of halogens is 1. The van der Waals surface area contributed by atoms with Gasteiger partial charge in [-0.1, -0.05) is 17.7 Å². The second-order valence-corrected chi connectivity index (χ2v) is 4.28. The first-order valence-electron chi connectivity index (χ1n) is 5.61. The Balaban J connectivity index is 1.86. The molecule has 0 spiro atoms. The molecule has 0 saturated heterocycles. The Labute approximate surface area is 115 Å². The molecule has 2 aromatic rings. The minimum absolute atomic E-state index is 0.110. The molecule has 0 heterocycles. The summed E-state index contributed by atoms with van der Waals surface area (Å²) in [5.74, 6) is 0.396. The van der Waals surface area contributed by atoms with Gasteiger partial charge in [-0.2, -0.15) is 0 Å². The number of aromatic hydroxyl groups is 1. The van der Waals surface area contributed by atoms with Crippen LogP contribution in [0.1, 0.15) is 0 Å². The van der Waals surface area contributed by atoms with Crippen LogP contribution in [0.5, 0.6) is 11.5 Å². The van der Waals surface area contributed by atoms with Crippen LogP contribution >= 0.6 is 11.6 Å². The van der Waals surface area contributed by atoms with Gasteiger partial charge in [0.1, 0.15) is 11.5 Å². The zero-order valence-electron chi connectivity index (χ0n) is 9.97. The third-order valence-corrected chi connectivity index (χ3v) is 2.55. The molecule has 0 bridgehead atoms. The molecule has 2 rings (SSSR count). The first-order valence-corrected chi connectivity index (χ1v) is 5.98. The fourth-order valence-electron chi connectivity index (χ4n) is 1.45. The van der Waals surface area contributed by atoms with Crippen molar-refractivity contribution in [2.75, 3.05) is 11.9 Å². The van der Waals surface area contributed by atoms with Crippen molar-refractivity contribution in [3.63, 3.8) is 0 Å².